The highest BCUT2D eigenvalue weighted by Gasteiger charge is 2.26. The van der Waals surface area contributed by atoms with E-state index < -0.39 is 22.5 Å². The minimum atomic E-state index is -1.30. The number of carboxylic acid groups (broad SMARTS) is 1. The molecule has 0 aliphatic heterocycles. The third-order valence-corrected chi connectivity index (χ3v) is 3.20. The predicted molar refractivity (Wildman–Crippen MR) is 69.7 cm³/mol. The van der Waals surface area contributed by atoms with Gasteiger partial charge in [0.1, 0.15) is 0 Å². The largest absolute Gasteiger partial charge is 0.478 e. The van der Waals surface area contributed by atoms with Crippen LogP contribution in [0.3, 0.4) is 0 Å². The number of rotatable bonds is 5. The number of amides is 1. The second kappa shape index (κ2) is 5.28. The van der Waals surface area contributed by atoms with Crippen LogP contribution in [0.5, 0.6) is 0 Å². The Balaban J connectivity index is 2.31. The summed E-state index contributed by atoms with van der Waals surface area (Å²) in [6.07, 6.45) is 2.15. The first-order valence-corrected chi connectivity index (χ1v) is 6.16. The van der Waals surface area contributed by atoms with Crippen LogP contribution in [-0.4, -0.2) is 40.4 Å². The highest BCUT2D eigenvalue weighted by atomic mass is 16.6. The van der Waals surface area contributed by atoms with Crippen molar-refractivity contribution in [3.8, 4) is 0 Å². The molecule has 1 saturated carbocycles. The number of carboxylic acids is 1. The van der Waals surface area contributed by atoms with E-state index in [0.29, 0.717) is 12.5 Å². The van der Waals surface area contributed by atoms with Crippen LogP contribution in [0.1, 0.15) is 33.6 Å². The molecule has 1 N–H and O–H groups in total. The van der Waals surface area contributed by atoms with Gasteiger partial charge < -0.3 is 10.0 Å². The van der Waals surface area contributed by atoms with Crippen molar-refractivity contribution >= 4 is 17.6 Å². The van der Waals surface area contributed by atoms with E-state index in [9.17, 15) is 19.7 Å². The third kappa shape index (κ3) is 3.11. The number of non-ortho nitro benzene ring substituents is 1. The Bertz CT molecular complexity index is 548. The van der Waals surface area contributed by atoms with E-state index in [1.54, 1.807) is 7.05 Å². The molecular formula is C13H14N2O5. The minimum absolute atomic E-state index is 0.0275. The molecule has 0 heterocycles. The zero-order chi connectivity index (χ0) is 14.9. The Kier molecular flexibility index (Phi) is 3.69. The summed E-state index contributed by atoms with van der Waals surface area (Å²) in [6, 6.07) is 3.22. The first-order chi connectivity index (χ1) is 9.38. The van der Waals surface area contributed by atoms with Gasteiger partial charge in [-0.1, -0.05) is 0 Å². The van der Waals surface area contributed by atoms with Crippen molar-refractivity contribution in [1.29, 1.82) is 0 Å². The molecule has 1 fully saturated rings. The van der Waals surface area contributed by atoms with Crippen LogP contribution in [0, 0.1) is 16.0 Å². The molecule has 7 heteroatoms. The molecule has 1 aliphatic carbocycles. The van der Waals surface area contributed by atoms with Crippen molar-refractivity contribution in [1.82, 2.24) is 4.90 Å². The van der Waals surface area contributed by atoms with Gasteiger partial charge in [-0.3, -0.25) is 14.9 Å². The number of nitro benzene ring substituents is 1. The van der Waals surface area contributed by atoms with Gasteiger partial charge in [-0.2, -0.15) is 0 Å². The average Bonchev–Trinajstić information content (AvgIpc) is 3.20. The molecule has 0 spiro atoms. The normalized spacial score (nSPS) is 13.8. The predicted octanol–water partition coefficient (Wildman–Crippen LogP) is 1.78. The van der Waals surface area contributed by atoms with Gasteiger partial charge in [0.05, 0.1) is 10.5 Å². The molecule has 0 aromatic heterocycles. The smallest absolute Gasteiger partial charge is 0.335 e. The standard InChI is InChI=1S/C13H14N2O5/c1-14(7-8-2-3-8)12(16)9-4-10(13(17)18)6-11(5-9)15(19)20/h4-6,8H,2-3,7H2,1H3,(H,17,18). The summed E-state index contributed by atoms with van der Waals surface area (Å²) in [6.45, 7) is 0.587. The molecule has 20 heavy (non-hydrogen) atoms. The Labute approximate surface area is 115 Å². The van der Waals surface area contributed by atoms with Crippen LogP contribution in [0.4, 0.5) is 5.69 Å². The summed E-state index contributed by atoms with van der Waals surface area (Å²) in [4.78, 5) is 34.7. The van der Waals surface area contributed by atoms with Gasteiger partial charge in [0, 0.05) is 31.3 Å². The molecule has 106 valence electrons. The maximum absolute atomic E-state index is 12.2. The van der Waals surface area contributed by atoms with Crippen LogP contribution >= 0.6 is 0 Å². The van der Waals surface area contributed by atoms with Gasteiger partial charge in [0.25, 0.3) is 11.6 Å². The average molecular weight is 278 g/mol. The lowest BCUT2D eigenvalue weighted by Gasteiger charge is -2.16. The van der Waals surface area contributed by atoms with Crippen LogP contribution in [-0.2, 0) is 0 Å². The Morgan fingerprint density at radius 2 is 1.95 bits per heavy atom. The van der Waals surface area contributed by atoms with Crippen molar-refractivity contribution in [3.05, 3.63) is 39.4 Å². The number of hydrogen-bond donors (Lipinski definition) is 1. The van der Waals surface area contributed by atoms with E-state index >= 15 is 0 Å². The van der Waals surface area contributed by atoms with E-state index in [2.05, 4.69) is 0 Å². The third-order valence-electron chi connectivity index (χ3n) is 3.20. The van der Waals surface area contributed by atoms with Crippen molar-refractivity contribution in [2.45, 2.75) is 12.8 Å². The van der Waals surface area contributed by atoms with Gasteiger partial charge in [0.15, 0.2) is 0 Å². The van der Waals surface area contributed by atoms with Crippen LogP contribution in [0.25, 0.3) is 0 Å². The number of benzene rings is 1. The number of carbonyl (C=O) groups excluding carboxylic acids is 1. The summed E-state index contributed by atoms with van der Waals surface area (Å²) in [7, 11) is 1.61. The van der Waals surface area contributed by atoms with Gasteiger partial charge in [-0.25, -0.2) is 4.79 Å². The summed E-state index contributed by atoms with van der Waals surface area (Å²) < 4.78 is 0. The van der Waals surface area contributed by atoms with Gasteiger partial charge in [-0.15, -0.1) is 0 Å². The molecule has 0 atom stereocenters. The van der Waals surface area contributed by atoms with E-state index in [4.69, 9.17) is 5.11 Å². The zero-order valence-electron chi connectivity index (χ0n) is 10.9. The molecule has 0 bridgehead atoms. The number of nitro groups is 1. The summed E-state index contributed by atoms with van der Waals surface area (Å²) in [5, 5.41) is 19.7. The number of hydrogen-bond acceptors (Lipinski definition) is 4. The number of carbonyl (C=O) groups is 2. The first-order valence-electron chi connectivity index (χ1n) is 6.16. The van der Waals surface area contributed by atoms with Crippen LogP contribution < -0.4 is 0 Å². The monoisotopic (exact) mass is 278 g/mol. The van der Waals surface area contributed by atoms with Crippen molar-refractivity contribution < 1.29 is 19.6 Å². The minimum Gasteiger partial charge on any atom is -0.478 e. The van der Waals surface area contributed by atoms with Crippen molar-refractivity contribution in [3.63, 3.8) is 0 Å². The summed E-state index contributed by atoms with van der Waals surface area (Å²) in [5.74, 6) is -1.21. The Hall–Kier alpha value is -2.44. The molecule has 0 saturated heterocycles. The van der Waals surface area contributed by atoms with E-state index in [-0.39, 0.29) is 11.1 Å². The molecule has 7 nitrogen and oxygen atoms in total. The highest BCUT2D eigenvalue weighted by Crippen LogP contribution is 2.30. The maximum Gasteiger partial charge on any atom is 0.335 e. The SMILES string of the molecule is CN(CC1CC1)C(=O)c1cc(C(=O)O)cc([N+](=O)[O-])c1. The number of nitrogens with zero attached hydrogens (tertiary/aromatic N) is 2. The van der Waals surface area contributed by atoms with E-state index in [0.717, 1.165) is 25.0 Å². The van der Waals surface area contributed by atoms with Gasteiger partial charge in [0.2, 0.25) is 0 Å². The molecular weight excluding hydrogens is 264 g/mol. The zero-order valence-corrected chi connectivity index (χ0v) is 10.9. The number of aromatic carboxylic acids is 1. The van der Waals surface area contributed by atoms with Crippen molar-refractivity contribution in [2.75, 3.05) is 13.6 Å². The molecule has 1 amide bonds. The summed E-state index contributed by atoms with van der Waals surface area (Å²) in [5.41, 5.74) is -0.629. The topological polar surface area (TPSA) is 101 Å². The van der Waals surface area contributed by atoms with E-state index in [1.165, 1.54) is 11.0 Å². The summed E-state index contributed by atoms with van der Waals surface area (Å²) >= 11 is 0. The quantitative estimate of drug-likeness (QED) is 0.653. The fourth-order valence-corrected chi connectivity index (χ4v) is 1.95. The molecule has 1 aromatic rings. The second-order valence-corrected chi connectivity index (χ2v) is 4.96. The van der Waals surface area contributed by atoms with Crippen molar-refractivity contribution in [2.24, 2.45) is 5.92 Å². The van der Waals surface area contributed by atoms with Crippen LogP contribution in [0.2, 0.25) is 0 Å². The lowest BCUT2D eigenvalue weighted by molar-refractivity contribution is -0.384. The fraction of sp³-hybridized carbons (Fsp3) is 0.385. The van der Waals surface area contributed by atoms with Crippen LogP contribution in [0.15, 0.2) is 18.2 Å². The lowest BCUT2D eigenvalue weighted by Crippen LogP contribution is -2.29. The molecule has 1 aromatic carbocycles. The Morgan fingerprint density at radius 3 is 2.45 bits per heavy atom. The second-order valence-electron chi connectivity index (χ2n) is 4.96. The molecule has 2 rings (SSSR count). The Morgan fingerprint density at radius 1 is 1.35 bits per heavy atom. The van der Waals surface area contributed by atoms with Gasteiger partial charge in [-0.05, 0) is 24.8 Å². The maximum atomic E-state index is 12.2. The first kappa shape index (κ1) is 14.0. The van der Waals surface area contributed by atoms with Gasteiger partial charge >= 0.3 is 5.97 Å². The lowest BCUT2D eigenvalue weighted by atomic mass is 10.1. The molecule has 0 unspecified atom stereocenters. The fourth-order valence-electron chi connectivity index (χ4n) is 1.95. The molecule has 1 aliphatic rings. The molecule has 0 radical (unpaired) electrons. The highest BCUT2D eigenvalue weighted by molar-refractivity contribution is 5.98. The van der Waals surface area contributed by atoms with E-state index in [1.807, 2.05) is 0 Å².